The van der Waals surface area contributed by atoms with Gasteiger partial charge in [-0.2, -0.15) is 0 Å². The largest absolute Gasteiger partial charge is 0.0880 e. The predicted octanol–water partition coefficient (Wildman–Crippen LogP) is 8.06. The molecule has 4 atom stereocenters. The van der Waals surface area contributed by atoms with E-state index in [1.165, 1.54) is 12.3 Å². The Morgan fingerprint density at radius 2 is 0.962 bits per heavy atom. The number of benzene rings is 2. The fourth-order valence-corrected chi connectivity index (χ4v) is 12.3. The van der Waals surface area contributed by atoms with Gasteiger partial charge in [0.2, 0.25) is 0 Å². The van der Waals surface area contributed by atoms with Gasteiger partial charge in [0.1, 0.15) is 0 Å². The molecular weight excluding hydrogens is 350 g/mol. The van der Waals surface area contributed by atoms with E-state index in [1.807, 2.05) is 0 Å². The van der Waals surface area contributed by atoms with Crippen LogP contribution < -0.4 is 0 Å². The molecular formula is C24H32P2. The van der Waals surface area contributed by atoms with Crippen LogP contribution in [0.1, 0.15) is 75.1 Å². The molecule has 0 spiro atoms. The van der Waals surface area contributed by atoms with E-state index in [-0.39, 0.29) is 15.8 Å². The lowest BCUT2D eigenvalue weighted by Gasteiger charge is -2.42. The molecule has 0 fully saturated rings. The Labute approximate surface area is 162 Å². The smallest absolute Gasteiger partial charge is 0.0161 e. The van der Waals surface area contributed by atoms with Crippen molar-refractivity contribution in [3.8, 4) is 0 Å². The van der Waals surface area contributed by atoms with Gasteiger partial charge in [-0.25, -0.2) is 0 Å². The third-order valence-electron chi connectivity index (χ3n) is 6.12. The van der Waals surface area contributed by atoms with E-state index in [4.69, 9.17) is 0 Å². The summed E-state index contributed by atoms with van der Waals surface area (Å²) in [6.45, 7) is 14.9. The van der Waals surface area contributed by atoms with Gasteiger partial charge in [-0.3, -0.25) is 0 Å². The minimum Gasteiger partial charge on any atom is -0.0880 e. The number of hydrogen-bond donors (Lipinski definition) is 0. The van der Waals surface area contributed by atoms with E-state index in [0.29, 0.717) is 10.3 Å². The molecule has 0 nitrogen and oxygen atoms in total. The minimum absolute atomic E-state index is 0.0695. The predicted molar refractivity (Wildman–Crippen MR) is 119 cm³/mol. The fraction of sp³-hybridized carbons (Fsp3) is 0.500. The molecule has 2 aliphatic rings. The van der Waals surface area contributed by atoms with Crippen molar-refractivity contribution in [2.45, 2.75) is 75.5 Å². The third-order valence-corrected chi connectivity index (χ3v) is 13.7. The van der Waals surface area contributed by atoms with E-state index in [1.54, 1.807) is 22.3 Å². The molecule has 0 N–H and O–H groups in total. The molecule has 0 bridgehead atoms. The summed E-state index contributed by atoms with van der Waals surface area (Å²) < 4.78 is 0. The Hall–Kier alpha value is -0.700. The summed E-state index contributed by atoms with van der Waals surface area (Å²) in [6, 6.07) is 18.7. The zero-order chi connectivity index (χ0) is 18.7. The second-order valence-electron chi connectivity index (χ2n) is 9.88. The molecule has 2 aromatic carbocycles. The molecule has 4 rings (SSSR count). The van der Waals surface area contributed by atoms with Crippen molar-refractivity contribution < 1.29 is 0 Å². The molecule has 0 amide bonds. The van der Waals surface area contributed by atoms with Crippen LogP contribution in [0, 0.1) is 0 Å². The van der Waals surface area contributed by atoms with Crippen LogP contribution in [0.2, 0.25) is 0 Å². The van der Waals surface area contributed by atoms with Crippen molar-refractivity contribution in [3.63, 3.8) is 0 Å². The SMILES string of the molecule is CC(C)(C)P1Cc2ccccc2C1[C@@H]1c2ccccc2C[P@@]1C(C)(C)C. The fourth-order valence-electron chi connectivity index (χ4n) is 4.82. The first kappa shape index (κ1) is 18.7. The molecule has 2 heteroatoms. The first-order valence-corrected chi connectivity index (χ1v) is 13.1. The van der Waals surface area contributed by atoms with Crippen molar-refractivity contribution in [1.29, 1.82) is 0 Å². The van der Waals surface area contributed by atoms with Crippen molar-refractivity contribution in [1.82, 2.24) is 0 Å². The van der Waals surface area contributed by atoms with Gasteiger partial charge in [-0.15, -0.1) is 0 Å². The van der Waals surface area contributed by atoms with E-state index in [0.717, 1.165) is 11.3 Å². The molecule has 2 aromatic rings. The van der Waals surface area contributed by atoms with Crippen molar-refractivity contribution in [2.24, 2.45) is 0 Å². The Kier molecular flexibility index (Phi) is 4.61. The molecule has 26 heavy (non-hydrogen) atoms. The normalized spacial score (nSPS) is 28.1. The lowest BCUT2D eigenvalue weighted by Crippen LogP contribution is -2.20. The third kappa shape index (κ3) is 3.08. The van der Waals surface area contributed by atoms with E-state index < -0.39 is 0 Å². The minimum atomic E-state index is -0.0695. The van der Waals surface area contributed by atoms with Gasteiger partial charge < -0.3 is 0 Å². The van der Waals surface area contributed by atoms with Gasteiger partial charge in [0.05, 0.1) is 0 Å². The Morgan fingerprint density at radius 3 is 1.31 bits per heavy atom. The second-order valence-corrected chi connectivity index (χ2v) is 16.2. The van der Waals surface area contributed by atoms with Crippen LogP contribution in [0.25, 0.3) is 0 Å². The first-order valence-electron chi connectivity index (χ1n) is 9.87. The van der Waals surface area contributed by atoms with Crippen LogP contribution in [0.4, 0.5) is 0 Å². The average Bonchev–Trinajstić information content (AvgIpc) is 3.12. The number of rotatable bonds is 1. The Morgan fingerprint density at radius 1 is 0.615 bits per heavy atom. The topological polar surface area (TPSA) is 0 Å². The van der Waals surface area contributed by atoms with Crippen LogP contribution in [-0.2, 0) is 12.3 Å². The van der Waals surface area contributed by atoms with Crippen LogP contribution >= 0.6 is 15.8 Å². The van der Waals surface area contributed by atoms with Gasteiger partial charge in [0.25, 0.3) is 0 Å². The standard InChI is InChI=1S/C24H32P2/c1-23(2,3)25-15-17-11-7-9-13-19(17)21(25)22-20-14-10-8-12-18(20)16-26(22)24(4,5)6/h7-14,21-22H,15-16H2,1-6H3/t21-,22?,25+,26?/m0/s1. The van der Waals surface area contributed by atoms with Gasteiger partial charge in [-0.05, 0) is 44.9 Å². The van der Waals surface area contributed by atoms with E-state index in [2.05, 4.69) is 90.1 Å². The molecule has 2 unspecified atom stereocenters. The number of fused-ring (bicyclic) bond motifs is 2. The highest BCUT2D eigenvalue weighted by Crippen LogP contribution is 2.80. The summed E-state index contributed by atoms with van der Waals surface area (Å²) in [7, 11) is -0.139. The maximum atomic E-state index is 2.48. The average molecular weight is 382 g/mol. The number of hydrogen-bond acceptors (Lipinski definition) is 0. The van der Waals surface area contributed by atoms with Gasteiger partial charge in [0.15, 0.2) is 0 Å². The maximum absolute atomic E-state index is 2.48. The van der Waals surface area contributed by atoms with Crippen molar-refractivity contribution >= 4 is 15.8 Å². The van der Waals surface area contributed by atoms with Gasteiger partial charge >= 0.3 is 0 Å². The van der Waals surface area contributed by atoms with E-state index >= 15 is 0 Å². The summed E-state index contributed by atoms with van der Waals surface area (Å²) in [4.78, 5) is 0. The summed E-state index contributed by atoms with van der Waals surface area (Å²) in [5.41, 5.74) is 8.07. The van der Waals surface area contributed by atoms with Crippen LogP contribution in [0.3, 0.4) is 0 Å². The zero-order valence-corrected chi connectivity index (χ0v) is 18.9. The highest BCUT2D eigenvalue weighted by atomic mass is 31.1. The quantitative estimate of drug-likeness (QED) is 0.438. The summed E-state index contributed by atoms with van der Waals surface area (Å²) in [5.74, 6) is 0. The zero-order valence-electron chi connectivity index (χ0n) is 17.1. The van der Waals surface area contributed by atoms with Crippen LogP contribution in [0.5, 0.6) is 0 Å². The molecule has 0 aliphatic carbocycles. The van der Waals surface area contributed by atoms with Crippen LogP contribution in [-0.4, -0.2) is 10.3 Å². The van der Waals surface area contributed by atoms with Gasteiger partial charge in [-0.1, -0.05) is 106 Å². The second kappa shape index (κ2) is 6.43. The Balaban J connectivity index is 1.89. The highest BCUT2D eigenvalue weighted by Gasteiger charge is 2.50. The van der Waals surface area contributed by atoms with Crippen LogP contribution in [0.15, 0.2) is 48.5 Å². The van der Waals surface area contributed by atoms with E-state index in [9.17, 15) is 0 Å². The summed E-state index contributed by atoms with van der Waals surface area (Å²) >= 11 is 0. The van der Waals surface area contributed by atoms with Gasteiger partial charge in [0, 0.05) is 11.3 Å². The summed E-state index contributed by atoms with van der Waals surface area (Å²) in [5, 5.41) is 0.797. The molecule has 0 saturated carbocycles. The summed E-state index contributed by atoms with van der Waals surface area (Å²) in [6.07, 6.45) is 2.62. The first-order chi connectivity index (χ1) is 12.2. The monoisotopic (exact) mass is 382 g/mol. The molecule has 0 aromatic heterocycles. The highest BCUT2D eigenvalue weighted by molar-refractivity contribution is 7.63. The lowest BCUT2D eigenvalue weighted by atomic mass is 9.98. The van der Waals surface area contributed by atoms with Crippen molar-refractivity contribution in [3.05, 3.63) is 70.8 Å². The molecule has 2 aliphatic heterocycles. The Bertz CT molecular complexity index is 740. The molecule has 0 saturated heterocycles. The molecule has 0 radical (unpaired) electrons. The maximum Gasteiger partial charge on any atom is 0.0161 e. The van der Waals surface area contributed by atoms with Crippen molar-refractivity contribution in [2.75, 3.05) is 0 Å². The lowest BCUT2D eigenvalue weighted by molar-refractivity contribution is 0.736. The molecule has 2 heterocycles. The molecule has 138 valence electrons.